The molecule has 0 aromatic carbocycles. The Bertz CT molecular complexity index is 497. The van der Waals surface area contributed by atoms with Crippen molar-refractivity contribution >= 4 is 0 Å². The highest BCUT2D eigenvalue weighted by atomic mass is 19.1. The van der Waals surface area contributed by atoms with Gasteiger partial charge in [0.15, 0.2) is 0 Å². The molecule has 0 atom stereocenters. The van der Waals surface area contributed by atoms with Crippen molar-refractivity contribution in [2.24, 2.45) is 0 Å². The van der Waals surface area contributed by atoms with Crippen LogP contribution in [0.25, 0.3) is 11.3 Å². The largest absolute Gasteiger partial charge is 0.242 e. The van der Waals surface area contributed by atoms with Crippen molar-refractivity contribution in [1.29, 1.82) is 0 Å². The maximum absolute atomic E-state index is 12.9. The number of hydrogen-bond acceptors (Lipinski definition) is 3. The van der Waals surface area contributed by atoms with Gasteiger partial charge in [0.25, 0.3) is 0 Å². The molecule has 0 aliphatic carbocycles. The second-order valence-corrected chi connectivity index (χ2v) is 3.32. The molecule has 0 amide bonds. The molecule has 0 radical (unpaired) electrons. The molecule has 0 aliphatic rings. The molecule has 0 spiro atoms. The number of hydrogen-bond donors (Lipinski definition) is 0. The van der Waals surface area contributed by atoms with Crippen LogP contribution in [0.15, 0.2) is 24.5 Å². The maximum atomic E-state index is 12.9. The van der Waals surface area contributed by atoms with Gasteiger partial charge in [-0.25, -0.2) is 15.0 Å². The third-order valence-electron chi connectivity index (χ3n) is 2.09. The number of rotatable bonds is 1. The Morgan fingerprint density at radius 2 is 2.00 bits per heavy atom. The minimum absolute atomic E-state index is 0.440. The molecule has 0 aliphatic heterocycles. The second-order valence-electron chi connectivity index (χ2n) is 3.32. The van der Waals surface area contributed by atoms with Gasteiger partial charge in [0.05, 0.1) is 5.69 Å². The van der Waals surface area contributed by atoms with Crippen LogP contribution in [0.3, 0.4) is 0 Å². The van der Waals surface area contributed by atoms with Gasteiger partial charge in [0, 0.05) is 23.5 Å². The molecule has 0 bridgehead atoms. The molecule has 4 heteroatoms. The maximum Gasteiger partial charge on any atom is 0.215 e. The van der Waals surface area contributed by atoms with Crippen molar-refractivity contribution in [2.45, 2.75) is 13.8 Å². The summed E-state index contributed by atoms with van der Waals surface area (Å²) >= 11 is 0. The van der Waals surface area contributed by atoms with Gasteiger partial charge in [-0.1, -0.05) is 0 Å². The minimum Gasteiger partial charge on any atom is -0.242 e. The van der Waals surface area contributed by atoms with E-state index < -0.39 is 5.95 Å². The van der Waals surface area contributed by atoms with E-state index in [1.54, 1.807) is 25.3 Å². The predicted molar refractivity (Wildman–Crippen MR) is 54.7 cm³/mol. The van der Waals surface area contributed by atoms with E-state index in [0.29, 0.717) is 11.4 Å². The first-order valence-corrected chi connectivity index (χ1v) is 4.59. The van der Waals surface area contributed by atoms with Gasteiger partial charge in [-0.15, -0.1) is 0 Å². The summed E-state index contributed by atoms with van der Waals surface area (Å²) in [5.41, 5.74) is 2.08. The first-order valence-electron chi connectivity index (χ1n) is 4.59. The molecule has 15 heavy (non-hydrogen) atoms. The molecule has 0 saturated carbocycles. The summed E-state index contributed by atoms with van der Waals surface area (Å²) in [6.45, 7) is 3.49. The molecule has 2 heterocycles. The van der Waals surface area contributed by atoms with Crippen molar-refractivity contribution in [2.75, 3.05) is 0 Å². The number of nitrogens with zero attached hydrogens (tertiary/aromatic N) is 3. The molecule has 2 rings (SSSR count). The van der Waals surface area contributed by atoms with Crippen LogP contribution >= 0.6 is 0 Å². The van der Waals surface area contributed by atoms with Crippen LogP contribution in [0, 0.1) is 19.8 Å². The van der Waals surface area contributed by atoms with E-state index in [0.717, 1.165) is 11.3 Å². The number of aromatic nitrogens is 3. The molecule has 0 unspecified atom stereocenters. The van der Waals surface area contributed by atoms with Gasteiger partial charge < -0.3 is 0 Å². The lowest BCUT2D eigenvalue weighted by molar-refractivity contribution is 0.575. The average Bonchev–Trinajstić information content (AvgIpc) is 2.22. The van der Waals surface area contributed by atoms with Crippen molar-refractivity contribution < 1.29 is 4.39 Å². The number of aryl methyl sites for hydroxylation is 2. The first kappa shape index (κ1) is 9.71. The highest BCUT2D eigenvalue weighted by Crippen LogP contribution is 2.17. The Hall–Kier alpha value is -1.84. The van der Waals surface area contributed by atoms with E-state index in [9.17, 15) is 4.39 Å². The normalized spacial score (nSPS) is 10.3. The van der Waals surface area contributed by atoms with E-state index >= 15 is 0 Å². The summed E-state index contributed by atoms with van der Waals surface area (Å²) in [6.07, 6.45) is 3.15. The monoisotopic (exact) mass is 203 g/mol. The van der Waals surface area contributed by atoms with Gasteiger partial charge in [0.2, 0.25) is 5.95 Å². The summed E-state index contributed by atoms with van der Waals surface area (Å²) in [5, 5.41) is 0. The Morgan fingerprint density at radius 1 is 1.20 bits per heavy atom. The van der Waals surface area contributed by atoms with Crippen LogP contribution in [0.4, 0.5) is 4.39 Å². The van der Waals surface area contributed by atoms with Gasteiger partial charge in [-0.3, -0.25) is 0 Å². The zero-order valence-electron chi connectivity index (χ0n) is 8.53. The fourth-order valence-electron chi connectivity index (χ4n) is 1.32. The summed E-state index contributed by atoms with van der Waals surface area (Å²) < 4.78 is 12.9. The molecule has 2 aromatic rings. The van der Waals surface area contributed by atoms with Crippen LogP contribution in [-0.2, 0) is 0 Å². The molecule has 0 fully saturated rings. The van der Waals surface area contributed by atoms with Crippen molar-refractivity contribution in [3.8, 4) is 11.3 Å². The lowest BCUT2D eigenvalue weighted by Gasteiger charge is -2.02. The van der Waals surface area contributed by atoms with E-state index in [1.165, 1.54) is 6.20 Å². The average molecular weight is 203 g/mol. The molecule has 3 nitrogen and oxygen atoms in total. The Morgan fingerprint density at radius 3 is 2.67 bits per heavy atom. The summed E-state index contributed by atoms with van der Waals surface area (Å²) in [5.74, 6) is 0.249. The zero-order chi connectivity index (χ0) is 10.8. The zero-order valence-corrected chi connectivity index (χ0v) is 8.53. The Balaban J connectivity index is 2.50. The van der Waals surface area contributed by atoms with Crippen molar-refractivity contribution in [3.05, 3.63) is 41.9 Å². The lowest BCUT2D eigenvalue weighted by atomic mass is 10.1. The summed E-state index contributed by atoms with van der Waals surface area (Å²) in [4.78, 5) is 11.9. The Kier molecular flexibility index (Phi) is 2.41. The molecule has 2 aromatic heterocycles. The van der Waals surface area contributed by atoms with Crippen LogP contribution in [0.2, 0.25) is 0 Å². The predicted octanol–water partition coefficient (Wildman–Crippen LogP) is 2.29. The standard InChI is InChI=1S/C11H10FN3/c1-7-5-9(6-14-11(7)12)10-3-4-13-8(2)15-10/h3-6H,1-2H3. The molecular formula is C11H10FN3. The molecule has 76 valence electrons. The molecule has 0 N–H and O–H groups in total. The van der Waals surface area contributed by atoms with Crippen LogP contribution in [0.1, 0.15) is 11.4 Å². The SMILES string of the molecule is Cc1nccc(-c2cnc(F)c(C)c2)n1. The highest BCUT2D eigenvalue weighted by molar-refractivity contribution is 5.58. The quantitative estimate of drug-likeness (QED) is 0.667. The number of halogens is 1. The van der Waals surface area contributed by atoms with Gasteiger partial charge in [-0.2, -0.15) is 4.39 Å². The van der Waals surface area contributed by atoms with Crippen molar-refractivity contribution in [1.82, 2.24) is 15.0 Å². The van der Waals surface area contributed by atoms with Crippen LogP contribution in [-0.4, -0.2) is 15.0 Å². The second kappa shape index (κ2) is 3.73. The van der Waals surface area contributed by atoms with Crippen LogP contribution < -0.4 is 0 Å². The summed E-state index contributed by atoms with van der Waals surface area (Å²) in [6, 6.07) is 3.51. The third-order valence-corrected chi connectivity index (χ3v) is 2.09. The van der Waals surface area contributed by atoms with E-state index in [-0.39, 0.29) is 0 Å². The molecule has 0 saturated heterocycles. The fourth-order valence-corrected chi connectivity index (χ4v) is 1.32. The minimum atomic E-state index is -0.440. The number of pyridine rings is 1. The lowest BCUT2D eigenvalue weighted by Crippen LogP contribution is -1.93. The van der Waals surface area contributed by atoms with Gasteiger partial charge >= 0.3 is 0 Å². The van der Waals surface area contributed by atoms with E-state index in [4.69, 9.17) is 0 Å². The topological polar surface area (TPSA) is 38.7 Å². The van der Waals surface area contributed by atoms with E-state index in [1.807, 2.05) is 6.92 Å². The first-order chi connectivity index (χ1) is 7.16. The molecular weight excluding hydrogens is 193 g/mol. The Labute approximate surface area is 87.0 Å². The van der Waals surface area contributed by atoms with Crippen LogP contribution in [0.5, 0.6) is 0 Å². The third kappa shape index (κ3) is 1.98. The smallest absolute Gasteiger partial charge is 0.215 e. The summed E-state index contributed by atoms with van der Waals surface area (Å²) in [7, 11) is 0. The van der Waals surface area contributed by atoms with Gasteiger partial charge in [-0.05, 0) is 26.0 Å². The highest BCUT2D eigenvalue weighted by Gasteiger charge is 2.04. The fraction of sp³-hybridized carbons (Fsp3) is 0.182. The van der Waals surface area contributed by atoms with Crippen molar-refractivity contribution in [3.63, 3.8) is 0 Å². The van der Waals surface area contributed by atoms with E-state index in [2.05, 4.69) is 15.0 Å². The van der Waals surface area contributed by atoms with Gasteiger partial charge in [0.1, 0.15) is 5.82 Å².